The maximum atomic E-state index is 13.4. The first-order valence-electron chi connectivity index (χ1n) is 13.1. The number of benzene rings is 2. The Bertz CT molecular complexity index is 1200. The van der Waals surface area contributed by atoms with Crippen LogP contribution in [0, 0.1) is 5.92 Å². The second kappa shape index (κ2) is 12.3. The molecule has 3 aromatic rings. The molecule has 0 spiro atoms. The molecule has 1 atom stereocenters. The van der Waals surface area contributed by atoms with E-state index in [1.54, 1.807) is 35.4 Å². The first kappa shape index (κ1) is 28.1. The second-order valence-electron chi connectivity index (χ2n) is 9.99. The summed E-state index contributed by atoms with van der Waals surface area (Å²) >= 11 is 1.54. The van der Waals surface area contributed by atoms with E-state index >= 15 is 0 Å². The van der Waals surface area contributed by atoms with Crippen LogP contribution in [0.25, 0.3) is 11.1 Å². The van der Waals surface area contributed by atoms with Crippen LogP contribution in [0.5, 0.6) is 5.75 Å². The van der Waals surface area contributed by atoms with Crippen molar-refractivity contribution in [2.24, 2.45) is 5.92 Å². The molecule has 1 saturated heterocycles. The van der Waals surface area contributed by atoms with Gasteiger partial charge in [-0.3, -0.25) is 4.79 Å². The molecular weight excluding hydrogens is 511 g/mol. The molecule has 1 fully saturated rings. The Morgan fingerprint density at radius 3 is 2.50 bits per heavy atom. The zero-order chi connectivity index (χ0) is 27.3. The number of likely N-dealkylation sites (tertiary alicyclic amines) is 1. The van der Waals surface area contributed by atoms with Gasteiger partial charge in [0.25, 0.3) is 5.91 Å². The van der Waals surface area contributed by atoms with Gasteiger partial charge in [-0.1, -0.05) is 50.6 Å². The predicted molar refractivity (Wildman–Crippen MR) is 146 cm³/mol. The van der Waals surface area contributed by atoms with Crippen molar-refractivity contribution in [3.05, 3.63) is 64.6 Å². The Hall–Kier alpha value is -2.91. The third-order valence-electron chi connectivity index (χ3n) is 7.00. The van der Waals surface area contributed by atoms with Gasteiger partial charge < -0.3 is 14.5 Å². The maximum Gasteiger partial charge on any atom is 0.573 e. The Morgan fingerprint density at radius 1 is 1.16 bits per heavy atom. The summed E-state index contributed by atoms with van der Waals surface area (Å²) in [5.41, 5.74) is 2.46. The number of hydrogen-bond acceptors (Lipinski definition) is 5. The summed E-state index contributed by atoms with van der Waals surface area (Å²) in [7, 11) is 1.69. The molecule has 0 saturated carbocycles. The average molecular weight is 546 g/mol. The molecule has 4 rings (SSSR count). The SMILES string of the molecule is CCCC(C)CN1CCC(c2nc(C(=O)N(C)c3ccccc3-c3ccc(OC(F)(F)F)cc3)cs2)CC1. The zero-order valence-corrected chi connectivity index (χ0v) is 22.8. The molecule has 38 heavy (non-hydrogen) atoms. The standard InChI is InChI=1S/C29H34F3N3O2S/c1-4-7-20(2)18-35-16-14-22(15-17-35)27-33-25(19-38-27)28(36)34(3)26-9-6-5-8-24(26)21-10-12-23(13-11-21)37-29(30,31)32/h5-6,8-13,19-20,22H,4,7,14-18H2,1-3H3. The van der Waals surface area contributed by atoms with Crippen LogP contribution in [-0.4, -0.2) is 48.8 Å². The van der Waals surface area contributed by atoms with Crippen LogP contribution in [0.3, 0.4) is 0 Å². The molecule has 204 valence electrons. The summed E-state index contributed by atoms with van der Waals surface area (Å²) in [5, 5.41) is 2.84. The first-order chi connectivity index (χ1) is 18.1. The Balaban J connectivity index is 1.43. The van der Waals surface area contributed by atoms with Crippen LogP contribution in [0.4, 0.5) is 18.9 Å². The lowest BCUT2D eigenvalue weighted by atomic mass is 9.96. The lowest BCUT2D eigenvalue weighted by Crippen LogP contribution is -2.36. The van der Waals surface area contributed by atoms with Gasteiger partial charge in [-0.25, -0.2) is 4.98 Å². The van der Waals surface area contributed by atoms with E-state index in [2.05, 4.69) is 23.5 Å². The van der Waals surface area contributed by atoms with Crippen LogP contribution in [-0.2, 0) is 0 Å². The monoisotopic (exact) mass is 545 g/mol. The van der Waals surface area contributed by atoms with Crippen molar-refractivity contribution >= 4 is 22.9 Å². The fourth-order valence-electron chi connectivity index (χ4n) is 5.09. The van der Waals surface area contributed by atoms with Gasteiger partial charge in [0.1, 0.15) is 11.4 Å². The Morgan fingerprint density at radius 2 is 1.84 bits per heavy atom. The van der Waals surface area contributed by atoms with E-state index in [9.17, 15) is 18.0 Å². The van der Waals surface area contributed by atoms with Crippen molar-refractivity contribution in [1.82, 2.24) is 9.88 Å². The van der Waals surface area contributed by atoms with Gasteiger partial charge in [-0.2, -0.15) is 0 Å². The van der Waals surface area contributed by atoms with Crippen molar-refractivity contribution < 1.29 is 22.7 Å². The van der Waals surface area contributed by atoms with Gasteiger partial charge in [-0.15, -0.1) is 24.5 Å². The normalized spacial score (nSPS) is 15.8. The summed E-state index contributed by atoms with van der Waals surface area (Å²) in [6.45, 7) is 7.81. The number of hydrogen-bond donors (Lipinski definition) is 0. The van der Waals surface area contributed by atoms with Gasteiger partial charge in [0.15, 0.2) is 0 Å². The summed E-state index contributed by atoms with van der Waals surface area (Å²) in [4.78, 5) is 22.2. The minimum Gasteiger partial charge on any atom is -0.406 e. The van der Waals surface area contributed by atoms with Gasteiger partial charge in [0.2, 0.25) is 0 Å². The minimum absolute atomic E-state index is 0.220. The molecule has 1 aliphatic heterocycles. The van der Waals surface area contributed by atoms with Gasteiger partial charge in [0.05, 0.1) is 10.7 Å². The molecule has 1 aromatic heterocycles. The second-order valence-corrected chi connectivity index (χ2v) is 10.9. The van der Waals surface area contributed by atoms with E-state index in [-0.39, 0.29) is 11.7 Å². The van der Waals surface area contributed by atoms with Crippen LogP contribution in [0.2, 0.25) is 0 Å². The minimum atomic E-state index is -4.75. The number of carbonyl (C=O) groups excluding carboxylic acids is 1. The number of carbonyl (C=O) groups is 1. The van der Waals surface area contributed by atoms with E-state index in [1.807, 2.05) is 29.6 Å². The van der Waals surface area contributed by atoms with Gasteiger partial charge >= 0.3 is 6.36 Å². The Labute approximate surface area is 226 Å². The molecule has 2 heterocycles. The van der Waals surface area contributed by atoms with Crippen LogP contribution in [0.15, 0.2) is 53.9 Å². The number of ether oxygens (including phenoxy) is 1. The lowest BCUT2D eigenvalue weighted by Gasteiger charge is -2.32. The summed E-state index contributed by atoms with van der Waals surface area (Å²) in [6, 6.07) is 12.9. The Kier molecular flexibility index (Phi) is 9.10. The van der Waals surface area contributed by atoms with Crippen LogP contribution >= 0.6 is 11.3 Å². The largest absolute Gasteiger partial charge is 0.573 e. The zero-order valence-electron chi connectivity index (χ0n) is 22.0. The highest BCUT2D eigenvalue weighted by Crippen LogP contribution is 2.34. The number of thiazole rings is 1. The molecule has 0 aliphatic carbocycles. The highest BCUT2D eigenvalue weighted by atomic mass is 32.1. The van der Waals surface area contributed by atoms with E-state index < -0.39 is 6.36 Å². The summed E-state index contributed by atoms with van der Waals surface area (Å²) in [6.07, 6.45) is -0.177. The number of nitrogens with zero attached hydrogens (tertiary/aromatic N) is 3. The number of anilines is 1. The topological polar surface area (TPSA) is 45.7 Å². The number of rotatable bonds is 9. The highest BCUT2D eigenvalue weighted by Gasteiger charge is 2.31. The fraction of sp³-hybridized carbons (Fsp3) is 0.448. The lowest BCUT2D eigenvalue weighted by molar-refractivity contribution is -0.274. The fourth-order valence-corrected chi connectivity index (χ4v) is 6.05. The third kappa shape index (κ3) is 7.14. The van der Waals surface area contributed by atoms with E-state index in [4.69, 9.17) is 4.98 Å². The third-order valence-corrected chi connectivity index (χ3v) is 8.01. The van der Waals surface area contributed by atoms with E-state index in [0.717, 1.165) is 43.0 Å². The van der Waals surface area contributed by atoms with Crippen LogP contribution in [0.1, 0.15) is 60.9 Å². The molecule has 9 heteroatoms. The predicted octanol–water partition coefficient (Wildman–Crippen LogP) is 7.60. The molecule has 0 N–H and O–H groups in total. The van der Waals surface area contributed by atoms with Crippen molar-refractivity contribution in [3.63, 3.8) is 0 Å². The van der Waals surface area contributed by atoms with Crippen LogP contribution < -0.4 is 9.64 Å². The van der Waals surface area contributed by atoms with E-state index in [1.165, 1.54) is 25.0 Å². The number of alkyl halides is 3. The molecule has 0 bridgehead atoms. The van der Waals surface area contributed by atoms with E-state index in [0.29, 0.717) is 28.8 Å². The molecular formula is C29H34F3N3O2S. The highest BCUT2D eigenvalue weighted by molar-refractivity contribution is 7.10. The molecule has 1 unspecified atom stereocenters. The van der Waals surface area contributed by atoms with Crippen molar-refractivity contribution in [3.8, 4) is 16.9 Å². The number of aromatic nitrogens is 1. The molecule has 5 nitrogen and oxygen atoms in total. The average Bonchev–Trinajstić information content (AvgIpc) is 3.38. The molecule has 1 amide bonds. The van der Waals surface area contributed by atoms with Crippen molar-refractivity contribution in [2.45, 2.75) is 51.8 Å². The van der Waals surface area contributed by atoms with Crippen molar-refractivity contribution in [2.75, 3.05) is 31.6 Å². The first-order valence-corrected chi connectivity index (χ1v) is 13.9. The number of piperidine rings is 1. The number of halogens is 3. The quantitative estimate of drug-likeness (QED) is 0.278. The summed E-state index contributed by atoms with van der Waals surface area (Å²) < 4.78 is 41.5. The number of para-hydroxylation sites is 1. The maximum absolute atomic E-state index is 13.4. The molecule has 0 radical (unpaired) electrons. The summed E-state index contributed by atoms with van der Waals surface area (Å²) in [5.74, 6) is 0.571. The molecule has 1 aliphatic rings. The van der Waals surface area contributed by atoms with Gasteiger partial charge in [0, 0.05) is 30.5 Å². The smallest absolute Gasteiger partial charge is 0.406 e. The molecule has 2 aromatic carbocycles. The van der Waals surface area contributed by atoms with Gasteiger partial charge in [-0.05, 0) is 62.0 Å². The number of amides is 1. The van der Waals surface area contributed by atoms with Crippen molar-refractivity contribution in [1.29, 1.82) is 0 Å².